The predicted octanol–water partition coefficient (Wildman–Crippen LogP) is 1.01. The fourth-order valence-electron chi connectivity index (χ4n) is 16.8. The molecule has 26 nitrogen and oxygen atoms in total. The third kappa shape index (κ3) is 13.1. The van der Waals surface area contributed by atoms with Crippen LogP contribution in [0.3, 0.4) is 0 Å². The Morgan fingerprint density at radius 1 is 0.575 bits per heavy atom. The predicted molar refractivity (Wildman–Crippen MR) is 299 cm³/mol. The van der Waals surface area contributed by atoms with E-state index in [1.165, 1.54) is 14.0 Å². The largest absolute Gasteiger partial charge is 0.462 e. The summed E-state index contributed by atoms with van der Waals surface area (Å²) in [6.45, 7) is 14.9. The van der Waals surface area contributed by atoms with Gasteiger partial charge in [0.15, 0.2) is 31.5 Å². The average Bonchev–Trinajstić information content (AvgIpc) is 1.61. The second-order valence-corrected chi connectivity index (χ2v) is 26.9. The summed E-state index contributed by atoms with van der Waals surface area (Å²) in [5.41, 5.74) is -4.54. The number of ether oxygens (including phenoxy) is 15. The SMILES string of the molecule is CC[C@@H](C)C(=O)O[C@@H](C)[C@]1(O)CC[C@]2(O)[C@@H]3CC[C@H]4C[C@@H](O[C@@H]5C[C@H](OC)[C@H](O[C@H]6C[C@H](OC)[C@H](O[C@H]7C[C@@H](OC)[C@H](O[C@@H]8O[C@H](CO)[C@@H](O[C@@H]9O[C@H](CO)[C@@H](O)[C@H](O)[C@H]9O)[C@H](O)[C@H]8O)[C@@H](C)O7)[C@@H](C)O6)[C@@H](C)O5)CC[C@]4(C)[C@H]3C[C@@H](OC(C)=O)[C@]12C. The molecule has 4 saturated carbocycles. The zero-order valence-electron chi connectivity index (χ0n) is 52.6. The van der Waals surface area contributed by atoms with Crippen LogP contribution in [0.25, 0.3) is 0 Å². The van der Waals surface area contributed by atoms with Gasteiger partial charge in [-0.25, -0.2) is 0 Å². The van der Waals surface area contributed by atoms with Crippen LogP contribution < -0.4 is 0 Å². The van der Waals surface area contributed by atoms with Gasteiger partial charge in [0.1, 0.15) is 85.0 Å². The number of hydrogen-bond acceptors (Lipinski definition) is 26. The number of carbonyl (C=O) groups excluding carboxylic acids is 2. The Kier molecular flexibility index (Phi) is 22.3. The lowest BCUT2D eigenvalue weighted by Crippen LogP contribution is -2.72. The molecule has 9 fully saturated rings. The van der Waals surface area contributed by atoms with Crippen LogP contribution in [0.1, 0.15) is 139 Å². The van der Waals surface area contributed by atoms with Crippen molar-refractivity contribution in [2.75, 3.05) is 34.5 Å². The first-order valence-corrected chi connectivity index (χ1v) is 31.7. The van der Waals surface area contributed by atoms with E-state index in [2.05, 4.69) is 6.92 Å². The molecule has 87 heavy (non-hydrogen) atoms. The monoisotopic (exact) mass is 1250 g/mol. The molecule has 4 aliphatic carbocycles. The van der Waals surface area contributed by atoms with Crippen LogP contribution >= 0.6 is 0 Å². The van der Waals surface area contributed by atoms with Gasteiger partial charge in [-0.1, -0.05) is 27.7 Å². The van der Waals surface area contributed by atoms with Crippen molar-refractivity contribution in [3.8, 4) is 0 Å². The molecule has 0 aromatic heterocycles. The highest BCUT2D eigenvalue weighted by Crippen LogP contribution is 2.71. The molecule has 0 amide bonds. The van der Waals surface area contributed by atoms with Gasteiger partial charge in [-0.3, -0.25) is 9.59 Å². The van der Waals surface area contributed by atoms with Crippen molar-refractivity contribution in [3.63, 3.8) is 0 Å². The van der Waals surface area contributed by atoms with E-state index in [1.807, 2.05) is 27.7 Å². The standard InChI is InChI=1S/C61H102O26/c1-13-27(2)55(70)79-31(6)60(71)18-19-61(72)35-15-14-33-20-34(16-17-58(33,8)36(35)21-42(59(60,61)9)80-32(7)64)81-43-22-37(73-10)51(28(3)76-43)84-44-23-38(74-11)52(29(4)77-44)85-45-24-39(75-12)53(30(5)78-45)86-57-50(69)48(67)54(41(26-63)83-57)87-56-49(68)47(66)46(65)40(25-62)82-56/h27-31,33-54,56-57,62-63,65-69,71-72H,13-26H2,1-12H3/t27-,28-,29-,30-,31+,33+,34+,35-,36+,37+,38+,39-,40-,41-,42-,43-,44+,45+,46-,47+,48-,49-,50-,51-,52-,53-,54-,56+,57+,58+,59-,60-,61+/m1/s1. The van der Waals surface area contributed by atoms with Gasteiger partial charge in [0.2, 0.25) is 0 Å². The zero-order chi connectivity index (χ0) is 63.4. The first kappa shape index (κ1) is 69.4. The molecule has 0 unspecified atom stereocenters. The second-order valence-electron chi connectivity index (χ2n) is 26.9. The summed E-state index contributed by atoms with van der Waals surface area (Å²) in [7, 11) is 4.70. The van der Waals surface area contributed by atoms with Gasteiger partial charge < -0.3 is 117 Å². The van der Waals surface area contributed by atoms with Crippen molar-refractivity contribution in [3.05, 3.63) is 0 Å². The third-order valence-corrected chi connectivity index (χ3v) is 22.3. The lowest BCUT2D eigenvalue weighted by atomic mass is 9.42. The quantitative estimate of drug-likeness (QED) is 0.0607. The van der Waals surface area contributed by atoms with Crippen LogP contribution in [0.15, 0.2) is 0 Å². The van der Waals surface area contributed by atoms with Crippen molar-refractivity contribution in [2.24, 2.45) is 34.5 Å². The fourth-order valence-corrected chi connectivity index (χ4v) is 16.8. The van der Waals surface area contributed by atoms with Crippen molar-refractivity contribution in [1.82, 2.24) is 0 Å². The number of aliphatic hydroxyl groups is 9. The fraction of sp³-hybridized carbons (Fsp3) is 0.967. The van der Waals surface area contributed by atoms with E-state index in [0.29, 0.717) is 19.3 Å². The first-order chi connectivity index (χ1) is 41.1. The molecule has 9 rings (SSSR count). The number of hydrogen-bond donors (Lipinski definition) is 9. The molecule has 5 heterocycles. The topological polar surface area (TPSA) is 355 Å². The molecule has 0 aromatic carbocycles. The highest BCUT2D eigenvalue weighted by Gasteiger charge is 2.77. The van der Waals surface area contributed by atoms with Crippen LogP contribution in [-0.2, 0) is 80.6 Å². The summed E-state index contributed by atoms with van der Waals surface area (Å²) in [6, 6.07) is 0. The molecule has 9 aliphatic rings. The van der Waals surface area contributed by atoms with Crippen molar-refractivity contribution in [2.45, 2.75) is 304 Å². The van der Waals surface area contributed by atoms with E-state index in [9.17, 15) is 55.5 Å². The van der Waals surface area contributed by atoms with Crippen LogP contribution in [0, 0.1) is 34.5 Å². The number of methoxy groups -OCH3 is 3. The van der Waals surface area contributed by atoms with Gasteiger partial charge in [-0.05, 0) is 109 Å². The molecule has 5 saturated heterocycles. The smallest absolute Gasteiger partial charge is 0.309 e. The first-order valence-electron chi connectivity index (χ1n) is 31.7. The minimum absolute atomic E-state index is 0.00862. The summed E-state index contributed by atoms with van der Waals surface area (Å²) in [6.07, 6.45) is -19.4. The van der Waals surface area contributed by atoms with E-state index >= 15 is 0 Å². The van der Waals surface area contributed by atoms with E-state index in [1.54, 1.807) is 35.0 Å². The highest BCUT2D eigenvalue weighted by molar-refractivity contribution is 5.72. The molecule has 0 aromatic rings. The lowest BCUT2D eigenvalue weighted by molar-refractivity contribution is -0.376. The maximum Gasteiger partial charge on any atom is 0.309 e. The molecule has 26 heteroatoms. The summed E-state index contributed by atoms with van der Waals surface area (Å²) in [5.74, 6) is -1.19. The van der Waals surface area contributed by atoms with Gasteiger partial charge in [-0.2, -0.15) is 0 Å². The zero-order valence-corrected chi connectivity index (χ0v) is 52.6. The summed E-state index contributed by atoms with van der Waals surface area (Å²) in [4.78, 5) is 25.9. The maximum atomic E-state index is 13.1. The summed E-state index contributed by atoms with van der Waals surface area (Å²) >= 11 is 0. The van der Waals surface area contributed by atoms with Crippen molar-refractivity contribution < 1.29 is 127 Å². The van der Waals surface area contributed by atoms with Crippen LogP contribution in [0.2, 0.25) is 0 Å². The van der Waals surface area contributed by atoms with Gasteiger partial charge in [0.05, 0.1) is 72.9 Å². The summed E-state index contributed by atoms with van der Waals surface area (Å²) in [5, 5.41) is 99.2. The number of fused-ring (bicyclic) bond motifs is 5. The van der Waals surface area contributed by atoms with E-state index < -0.39 is 189 Å². The third-order valence-electron chi connectivity index (χ3n) is 22.3. The van der Waals surface area contributed by atoms with Gasteiger partial charge in [0, 0.05) is 47.5 Å². The Morgan fingerprint density at radius 3 is 1.60 bits per heavy atom. The molecule has 0 spiro atoms. The molecule has 33 atom stereocenters. The van der Waals surface area contributed by atoms with E-state index in [0.717, 1.165) is 32.1 Å². The minimum Gasteiger partial charge on any atom is -0.462 e. The Balaban J connectivity index is 0.765. The average molecular weight is 1250 g/mol. The number of rotatable bonds is 20. The van der Waals surface area contributed by atoms with Gasteiger partial charge in [-0.15, -0.1) is 0 Å². The maximum absolute atomic E-state index is 13.1. The van der Waals surface area contributed by atoms with Gasteiger partial charge in [0.25, 0.3) is 0 Å². The Bertz CT molecular complexity index is 2270. The molecule has 0 radical (unpaired) electrons. The summed E-state index contributed by atoms with van der Waals surface area (Å²) < 4.78 is 92.8. The molecular formula is C61H102O26. The molecule has 0 bridgehead atoms. The van der Waals surface area contributed by atoms with Crippen LogP contribution in [0.5, 0.6) is 0 Å². The van der Waals surface area contributed by atoms with Crippen LogP contribution in [-0.4, -0.2) is 257 Å². The van der Waals surface area contributed by atoms with E-state index in [4.69, 9.17) is 71.1 Å². The van der Waals surface area contributed by atoms with E-state index in [-0.39, 0.29) is 60.9 Å². The highest BCUT2D eigenvalue weighted by atomic mass is 16.8. The Hall–Kier alpha value is -1.94. The van der Waals surface area contributed by atoms with Crippen molar-refractivity contribution >= 4 is 11.9 Å². The molecular weight excluding hydrogens is 1150 g/mol. The molecule has 5 aliphatic heterocycles. The second kappa shape index (κ2) is 27.9. The van der Waals surface area contributed by atoms with Crippen LogP contribution in [0.4, 0.5) is 0 Å². The Labute approximate surface area is 510 Å². The van der Waals surface area contributed by atoms with Crippen molar-refractivity contribution in [1.29, 1.82) is 0 Å². The Morgan fingerprint density at radius 2 is 1.08 bits per heavy atom. The van der Waals surface area contributed by atoms with Gasteiger partial charge >= 0.3 is 11.9 Å². The normalized spacial score (nSPS) is 50.9. The molecule has 9 N–H and O–H groups in total. The number of esters is 2. The molecule has 502 valence electrons. The number of carbonyl (C=O) groups is 2. The minimum atomic E-state index is -1.82. The number of aliphatic hydroxyl groups excluding tert-OH is 7. The lowest BCUT2D eigenvalue weighted by Gasteiger charge is -2.66.